The van der Waals surface area contributed by atoms with Gasteiger partial charge in [0.2, 0.25) is 23.5 Å². The number of fused-ring (bicyclic) bond motifs is 2. The Labute approximate surface area is 249 Å². The first-order valence-electron chi connectivity index (χ1n) is 15.0. The van der Waals surface area contributed by atoms with Gasteiger partial charge in [-0.15, -0.1) is 11.3 Å². The Morgan fingerprint density at radius 1 is 0.976 bits per heavy atom. The van der Waals surface area contributed by atoms with Crippen molar-refractivity contribution in [3.8, 4) is 0 Å². The molecule has 3 amide bonds. The molecule has 3 aliphatic rings. The number of amides is 3. The molecule has 9 nitrogen and oxygen atoms in total. The van der Waals surface area contributed by atoms with Crippen molar-refractivity contribution in [2.24, 2.45) is 11.7 Å². The summed E-state index contributed by atoms with van der Waals surface area (Å²) >= 11 is 1.33. The minimum atomic E-state index is -0.769. The summed E-state index contributed by atoms with van der Waals surface area (Å²) in [6, 6.07) is 15.6. The Balaban J connectivity index is 1.14. The highest BCUT2D eigenvalue weighted by Crippen LogP contribution is 2.33. The summed E-state index contributed by atoms with van der Waals surface area (Å²) in [5.41, 5.74) is 8.10. The SMILES string of the molecule is NC1CCC([C@@H](NC(=O)[C@H]2CC[C@@H]3C(=O)N(CCCc4ccccc4)CC(=O)N23)C(=O)c2nc3ccccc3s2)CC1. The van der Waals surface area contributed by atoms with Crippen LogP contribution in [0.15, 0.2) is 54.6 Å². The van der Waals surface area contributed by atoms with E-state index in [4.69, 9.17) is 5.73 Å². The second-order valence-electron chi connectivity index (χ2n) is 11.8. The van der Waals surface area contributed by atoms with Crippen molar-refractivity contribution in [2.45, 2.75) is 75.5 Å². The number of Topliss-reactive ketones (excluding diaryl/α,β-unsaturated/α-hetero) is 1. The summed E-state index contributed by atoms with van der Waals surface area (Å²) in [5, 5.41) is 3.41. The average Bonchev–Trinajstić information content (AvgIpc) is 3.65. The predicted octanol–water partition coefficient (Wildman–Crippen LogP) is 3.32. The van der Waals surface area contributed by atoms with Crippen LogP contribution < -0.4 is 11.1 Å². The number of carbonyl (C=O) groups is 4. The topological polar surface area (TPSA) is 126 Å². The van der Waals surface area contributed by atoms with Crippen molar-refractivity contribution < 1.29 is 19.2 Å². The standard InChI is InChI=1S/C32H37N5O4S/c33-22-14-12-21(13-15-22)28(29(39)31-34-23-10-4-5-11-26(23)42-31)35-30(40)24-16-17-25-32(41)36(19-27(38)37(24)25)18-6-9-20-7-2-1-3-8-20/h1-5,7-8,10-11,21-22,24-25,28H,6,9,12-19,33H2,(H,35,40)/t21?,22?,24-,25-,28-/m1/s1. The van der Waals surface area contributed by atoms with Crippen LogP contribution in [-0.4, -0.2) is 75.5 Å². The van der Waals surface area contributed by atoms with Gasteiger partial charge in [-0.2, -0.15) is 0 Å². The number of hydrogen-bond acceptors (Lipinski definition) is 7. The van der Waals surface area contributed by atoms with Crippen LogP contribution in [0, 0.1) is 5.92 Å². The monoisotopic (exact) mass is 587 g/mol. The van der Waals surface area contributed by atoms with Crippen LogP contribution in [0.5, 0.6) is 0 Å². The van der Waals surface area contributed by atoms with Crippen LogP contribution >= 0.6 is 11.3 Å². The quantitative estimate of drug-likeness (QED) is 0.370. The van der Waals surface area contributed by atoms with Crippen molar-refractivity contribution in [2.75, 3.05) is 13.1 Å². The van der Waals surface area contributed by atoms with Crippen molar-refractivity contribution in [1.82, 2.24) is 20.1 Å². The van der Waals surface area contributed by atoms with Gasteiger partial charge in [0.25, 0.3) is 0 Å². The first kappa shape index (κ1) is 28.5. The van der Waals surface area contributed by atoms with E-state index in [2.05, 4.69) is 22.4 Å². The lowest BCUT2D eigenvalue weighted by Gasteiger charge is -2.39. The van der Waals surface area contributed by atoms with E-state index >= 15 is 0 Å². The summed E-state index contributed by atoms with van der Waals surface area (Å²) in [4.78, 5) is 62.0. The van der Waals surface area contributed by atoms with E-state index in [9.17, 15) is 19.2 Å². The molecule has 1 aromatic heterocycles. The third-order valence-corrected chi connectivity index (χ3v) is 10.1. The van der Waals surface area contributed by atoms with E-state index in [-0.39, 0.29) is 42.0 Å². The summed E-state index contributed by atoms with van der Waals surface area (Å²) in [5.74, 6) is -0.948. The second-order valence-corrected chi connectivity index (χ2v) is 12.8. The van der Waals surface area contributed by atoms with Crippen LogP contribution in [-0.2, 0) is 20.8 Å². The summed E-state index contributed by atoms with van der Waals surface area (Å²) in [6.45, 7) is 0.478. The molecule has 220 valence electrons. The van der Waals surface area contributed by atoms with Crippen LogP contribution in [0.2, 0.25) is 0 Å². The molecule has 0 bridgehead atoms. The molecular weight excluding hydrogens is 550 g/mol. The molecule has 0 radical (unpaired) electrons. The molecule has 0 spiro atoms. The highest BCUT2D eigenvalue weighted by molar-refractivity contribution is 7.20. The molecule has 2 aliphatic heterocycles. The van der Waals surface area contributed by atoms with Crippen LogP contribution in [0.3, 0.4) is 0 Å². The number of aryl methyl sites for hydroxylation is 1. The van der Waals surface area contributed by atoms with Gasteiger partial charge < -0.3 is 20.9 Å². The molecule has 2 saturated heterocycles. The molecule has 3 heterocycles. The molecular formula is C32H37N5O4S. The number of carbonyl (C=O) groups excluding carboxylic acids is 4. The molecule has 2 aromatic carbocycles. The van der Waals surface area contributed by atoms with Gasteiger partial charge in [0.1, 0.15) is 12.1 Å². The average molecular weight is 588 g/mol. The van der Waals surface area contributed by atoms with Gasteiger partial charge >= 0.3 is 0 Å². The fraction of sp³-hybridized carbons (Fsp3) is 0.469. The van der Waals surface area contributed by atoms with Crippen molar-refractivity contribution in [1.29, 1.82) is 0 Å². The number of benzene rings is 2. The Kier molecular flexibility index (Phi) is 8.35. The van der Waals surface area contributed by atoms with Crippen molar-refractivity contribution in [3.05, 3.63) is 65.2 Å². The van der Waals surface area contributed by atoms with Gasteiger partial charge in [0, 0.05) is 12.6 Å². The number of thiazole rings is 1. The van der Waals surface area contributed by atoms with E-state index in [1.165, 1.54) is 21.8 Å². The third kappa shape index (κ3) is 5.83. The summed E-state index contributed by atoms with van der Waals surface area (Å²) < 4.78 is 0.918. The highest BCUT2D eigenvalue weighted by Gasteiger charge is 2.49. The largest absolute Gasteiger partial charge is 0.344 e. The molecule has 1 aliphatic carbocycles. The van der Waals surface area contributed by atoms with Gasteiger partial charge in [-0.05, 0) is 75.0 Å². The molecule has 3 fully saturated rings. The number of nitrogens with one attached hydrogen (secondary N) is 1. The van der Waals surface area contributed by atoms with E-state index in [0.717, 1.165) is 48.7 Å². The maximum Gasteiger partial charge on any atom is 0.245 e. The zero-order chi connectivity index (χ0) is 29.2. The van der Waals surface area contributed by atoms with Crippen molar-refractivity contribution >= 4 is 45.1 Å². The smallest absolute Gasteiger partial charge is 0.245 e. The minimum Gasteiger partial charge on any atom is -0.344 e. The summed E-state index contributed by atoms with van der Waals surface area (Å²) in [7, 11) is 0. The highest BCUT2D eigenvalue weighted by atomic mass is 32.1. The van der Waals surface area contributed by atoms with E-state index in [0.29, 0.717) is 24.4 Å². The molecule has 3 N–H and O–H groups in total. The molecule has 0 unspecified atom stereocenters. The number of ketones is 1. The molecule has 42 heavy (non-hydrogen) atoms. The van der Waals surface area contributed by atoms with Gasteiger partial charge in [-0.3, -0.25) is 19.2 Å². The first-order valence-corrected chi connectivity index (χ1v) is 15.8. The number of para-hydroxylation sites is 1. The molecule has 3 aromatic rings. The maximum atomic E-state index is 13.9. The fourth-order valence-corrected chi connectivity index (χ4v) is 7.68. The fourth-order valence-electron chi connectivity index (χ4n) is 6.74. The minimum absolute atomic E-state index is 0.0253. The van der Waals surface area contributed by atoms with Gasteiger partial charge in [-0.25, -0.2) is 4.98 Å². The lowest BCUT2D eigenvalue weighted by Crippen LogP contribution is -2.62. The number of aromatic nitrogens is 1. The number of rotatable bonds is 9. The van der Waals surface area contributed by atoms with Crippen LogP contribution in [0.1, 0.15) is 60.3 Å². The summed E-state index contributed by atoms with van der Waals surface area (Å²) in [6.07, 6.45) is 5.46. The number of piperazine rings is 1. The third-order valence-electron chi connectivity index (χ3n) is 9.01. The Hall–Kier alpha value is -3.63. The molecule has 3 atom stereocenters. The van der Waals surface area contributed by atoms with Crippen LogP contribution in [0.25, 0.3) is 10.2 Å². The maximum absolute atomic E-state index is 13.9. The normalized spacial score (nSPS) is 25.0. The number of nitrogens with zero attached hydrogens (tertiary/aromatic N) is 3. The Bertz CT molecular complexity index is 1430. The van der Waals surface area contributed by atoms with E-state index in [1.54, 1.807) is 4.90 Å². The van der Waals surface area contributed by atoms with Gasteiger partial charge in [0.15, 0.2) is 5.01 Å². The van der Waals surface area contributed by atoms with Crippen molar-refractivity contribution in [3.63, 3.8) is 0 Å². The molecule has 1 saturated carbocycles. The zero-order valence-corrected chi connectivity index (χ0v) is 24.4. The predicted molar refractivity (Wildman–Crippen MR) is 161 cm³/mol. The zero-order valence-electron chi connectivity index (χ0n) is 23.6. The number of nitrogens with two attached hydrogens (primary N) is 1. The lowest BCUT2D eigenvalue weighted by molar-refractivity contribution is -0.157. The Morgan fingerprint density at radius 2 is 1.71 bits per heavy atom. The van der Waals surface area contributed by atoms with Crippen LogP contribution in [0.4, 0.5) is 0 Å². The van der Waals surface area contributed by atoms with Gasteiger partial charge in [-0.1, -0.05) is 42.5 Å². The van der Waals surface area contributed by atoms with E-state index < -0.39 is 18.1 Å². The second kappa shape index (κ2) is 12.3. The lowest BCUT2D eigenvalue weighted by atomic mass is 9.80. The molecule has 6 rings (SSSR count). The molecule has 10 heteroatoms. The van der Waals surface area contributed by atoms with Gasteiger partial charge in [0.05, 0.1) is 22.8 Å². The Morgan fingerprint density at radius 3 is 2.48 bits per heavy atom. The van der Waals surface area contributed by atoms with E-state index in [1.807, 2.05) is 42.5 Å². The number of hydrogen-bond donors (Lipinski definition) is 2. The first-order chi connectivity index (χ1) is 20.4.